The van der Waals surface area contributed by atoms with Crippen LogP contribution in [0.1, 0.15) is 24.4 Å². The molecule has 1 aromatic carbocycles. The molecule has 3 nitrogen and oxygen atoms in total. The minimum absolute atomic E-state index is 0.178. The second-order valence-corrected chi connectivity index (χ2v) is 4.67. The van der Waals surface area contributed by atoms with Gasteiger partial charge in [0.2, 0.25) is 5.89 Å². The smallest absolute Gasteiger partial charge is 0.211 e. The van der Waals surface area contributed by atoms with Gasteiger partial charge in [-0.1, -0.05) is 28.1 Å². The van der Waals surface area contributed by atoms with Gasteiger partial charge >= 0.3 is 0 Å². The number of nitrogens with zero attached hydrogens (tertiary/aromatic N) is 1. The van der Waals surface area contributed by atoms with Crippen molar-refractivity contribution in [1.82, 2.24) is 4.98 Å². The summed E-state index contributed by atoms with van der Waals surface area (Å²) in [6.45, 7) is 3.89. The number of rotatable bonds is 2. The molecular weight excluding hydrogens is 268 g/mol. The van der Waals surface area contributed by atoms with Crippen LogP contribution in [0.3, 0.4) is 0 Å². The van der Waals surface area contributed by atoms with Crippen molar-refractivity contribution >= 4 is 15.9 Å². The molecule has 0 bridgehead atoms. The zero-order chi connectivity index (χ0) is 11.7. The second kappa shape index (κ2) is 4.39. The fourth-order valence-corrected chi connectivity index (χ4v) is 1.76. The van der Waals surface area contributed by atoms with Crippen molar-refractivity contribution < 1.29 is 4.42 Å². The maximum atomic E-state index is 5.69. The van der Waals surface area contributed by atoms with Crippen LogP contribution < -0.4 is 5.73 Å². The molecule has 0 aliphatic rings. The van der Waals surface area contributed by atoms with Crippen LogP contribution in [0.25, 0.3) is 11.3 Å². The molecule has 1 atom stereocenters. The van der Waals surface area contributed by atoms with Crippen LogP contribution >= 0.6 is 15.9 Å². The SMILES string of the molecule is Cc1ccc(-c2cnc(C(C)N)o2)cc1Br. The Kier molecular flexibility index (Phi) is 3.12. The summed E-state index contributed by atoms with van der Waals surface area (Å²) in [5.41, 5.74) is 7.88. The largest absolute Gasteiger partial charge is 0.439 e. The standard InChI is InChI=1S/C12H13BrN2O/c1-7-3-4-9(5-10(7)13)11-6-15-12(16-11)8(2)14/h3-6,8H,14H2,1-2H3. The Hall–Kier alpha value is -1.13. The molecule has 4 heteroatoms. The molecule has 1 aromatic heterocycles. The molecule has 84 valence electrons. The monoisotopic (exact) mass is 280 g/mol. The van der Waals surface area contributed by atoms with Crippen LogP contribution in [0.5, 0.6) is 0 Å². The summed E-state index contributed by atoms with van der Waals surface area (Å²) in [5.74, 6) is 1.31. The number of benzene rings is 1. The first kappa shape index (κ1) is 11.4. The van der Waals surface area contributed by atoms with Gasteiger partial charge in [-0.2, -0.15) is 0 Å². The molecule has 2 aromatic rings. The second-order valence-electron chi connectivity index (χ2n) is 3.82. The van der Waals surface area contributed by atoms with E-state index < -0.39 is 0 Å². The zero-order valence-electron chi connectivity index (χ0n) is 9.20. The minimum Gasteiger partial charge on any atom is -0.439 e. The van der Waals surface area contributed by atoms with Gasteiger partial charge in [0, 0.05) is 10.0 Å². The Balaban J connectivity index is 2.39. The number of hydrogen-bond donors (Lipinski definition) is 1. The van der Waals surface area contributed by atoms with Crippen LogP contribution in [0.2, 0.25) is 0 Å². The highest BCUT2D eigenvalue weighted by Gasteiger charge is 2.10. The van der Waals surface area contributed by atoms with Gasteiger partial charge < -0.3 is 10.2 Å². The van der Waals surface area contributed by atoms with Crippen LogP contribution in [-0.2, 0) is 0 Å². The molecule has 1 unspecified atom stereocenters. The van der Waals surface area contributed by atoms with Crippen LogP contribution in [0.4, 0.5) is 0 Å². The first-order valence-corrected chi connectivity index (χ1v) is 5.85. The summed E-state index contributed by atoms with van der Waals surface area (Å²) < 4.78 is 6.63. The molecule has 0 saturated heterocycles. The van der Waals surface area contributed by atoms with E-state index in [4.69, 9.17) is 10.2 Å². The van der Waals surface area contributed by atoms with Gasteiger partial charge in [0.05, 0.1) is 12.2 Å². The molecule has 0 radical (unpaired) electrons. The molecule has 16 heavy (non-hydrogen) atoms. The van der Waals surface area contributed by atoms with E-state index in [0.29, 0.717) is 5.89 Å². The summed E-state index contributed by atoms with van der Waals surface area (Å²) in [7, 11) is 0. The third-order valence-electron chi connectivity index (χ3n) is 2.37. The highest BCUT2D eigenvalue weighted by Crippen LogP contribution is 2.26. The Morgan fingerprint density at radius 3 is 2.75 bits per heavy atom. The van der Waals surface area contributed by atoms with E-state index >= 15 is 0 Å². The van der Waals surface area contributed by atoms with Crippen molar-refractivity contribution in [2.24, 2.45) is 5.73 Å². The number of aryl methyl sites for hydroxylation is 1. The fraction of sp³-hybridized carbons (Fsp3) is 0.250. The Labute approximate surface area is 103 Å². The lowest BCUT2D eigenvalue weighted by Gasteiger charge is -2.01. The van der Waals surface area contributed by atoms with Crippen molar-refractivity contribution in [1.29, 1.82) is 0 Å². The highest BCUT2D eigenvalue weighted by atomic mass is 79.9. The topological polar surface area (TPSA) is 52.0 Å². The summed E-state index contributed by atoms with van der Waals surface area (Å²) in [6.07, 6.45) is 1.70. The molecule has 1 heterocycles. The normalized spacial score (nSPS) is 12.8. The van der Waals surface area contributed by atoms with E-state index in [2.05, 4.69) is 20.9 Å². The average molecular weight is 281 g/mol. The molecular formula is C12H13BrN2O. The van der Waals surface area contributed by atoms with Crippen molar-refractivity contribution in [3.8, 4) is 11.3 Å². The van der Waals surface area contributed by atoms with Crippen LogP contribution in [0, 0.1) is 6.92 Å². The first-order chi connectivity index (χ1) is 7.58. The minimum atomic E-state index is -0.178. The Morgan fingerprint density at radius 2 is 2.19 bits per heavy atom. The molecule has 2 N–H and O–H groups in total. The van der Waals surface area contributed by atoms with Gasteiger partial charge in [-0.25, -0.2) is 4.98 Å². The molecule has 0 spiro atoms. The fourth-order valence-electron chi connectivity index (χ4n) is 1.38. The Bertz CT molecular complexity index is 505. The molecule has 0 fully saturated rings. The molecule has 0 amide bonds. The van der Waals surface area contributed by atoms with Crippen molar-refractivity contribution in [2.75, 3.05) is 0 Å². The van der Waals surface area contributed by atoms with Crippen molar-refractivity contribution in [3.05, 3.63) is 40.3 Å². The molecule has 0 saturated carbocycles. The number of nitrogens with two attached hydrogens (primary N) is 1. The lowest BCUT2D eigenvalue weighted by Crippen LogP contribution is -2.04. The van der Waals surface area contributed by atoms with Gasteiger partial charge in [0.1, 0.15) is 0 Å². The Morgan fingerprint density at radius 1 is 1.44 bits per heavy atom. The zero-order valence-corrected chi connectivity index (χ0v) is 10.8. The van der Waals surface area contributed by atoms with E-state index in [1.165, 1.54) is 5.56 Å². The maximum Gasteiger partial charge on any atom is 0.211 e. The predicted molar refractivity (Wildman–Crippen MR) is 67.0 cm³/mol. The molecule has 2 rings (SSSR count). The average Bonchev–Trinajstić information content (AvgIpc) is 2.71. The van der Waals surface area contributed by atoms with E-state index in [1.54, 1.807) is 6.20 Å². The number of halogens is 1. The van der Waals surface area contributed by atoms with E-state index in [9.17, 15) is 0 Å². The van der Waals surface area contributed by atoms with Gasteiger partial charge in [0.25, 0.3) is 0 Å². The van der Waals surface area contributed by atoms with Gasteiger partial charge in [-0.15, -0.1) is 0 Å². The third-order valence-corrected chi connectivity index (χ3v) is 3.22. The third kappa shape index (κ3) is 2.18. The van der Waals surface area contributed by atoms with Crippen LogP contribution in [-0.4, -0.2) is 4.98 Å². The van der Waals surface area contributed by atoms with Gasteiger partial charge in [0.15, 0.2) is 5.76 Å². The number of oxazole rings is 1. The number of hydrogen-bond acceptors (Lipinski definition) is 3. The summed E-state index contributed by atoms with van der Waals surface area (Å²) in [5, 5.41) is 0. The van der Waals surface area contributed by atoms with Crippen molar-refractivity contribution in [2.45, 2.75) is 19.9 Å². The molecule has 0 aliphatic heterocycles. The number of aromatic nitrogens is 1. The summed E-state index contributed by atoms with van der Waals surface area (Å²) in [4.78, 5) is 4.14. The quantitative estimate of drug-likeness (QED) is 0.917. The van der Waals surface area contributed by atoms with Crippen molar-refractivity contribution in [3.63, 3.8) is 0 Å². The lowest BCUT2D eigenvalue weighted by atomic mass is 10.1. The van der Waals surface area contributed by atoms with E-state index in [1.807, 2.05) is 32.0 Å². The maximum absolute atomic E-state index is 5.69. The van der Waals surface area contributed by atoms with E-state index in [-0.39, 0.29) is 6.04 Å². The summed E-state index contributed by atoms with van der Waals surface area (Å²) in [6, 6.07) is 5.88. The van der Waals surface area contributed by atoms with Crippen LogP contribution in [0.15, 0.2) is 33.3 Å². The first-order valence-electron chi connectivity index (χ1n) is 5.06. The summed E-state index contributed by atoms with van der Waals surface area (Å²) >= 11 is 3.49. The van der Waals surface area contributed by atoms with Gasteiger partial charge in [-0.3, -0.25) is 0 Å². The molecule has 0 aliphatic carbocycles. The predicted octanol–water partition coefficient (Wildman–Crippen LogP) is 3.43. The lowest BCUT2D eigenvalue weighted by molar-refractivity contribution is 0.473. The highest BCUT2D eigenvalue weighted by molar-refractivity contribution is 9.10. The van der Waals surface area contributed by atoms with E-state index in [0.717, 1.165) is 15.8 Å². The van der Waals surface area contributed by atoms with Gasteiger partial charge in [-0.05, 0) is 25.5 Å².